The number of rotatable bonds is 6. The molecule has 0 fully saturated rings. The highest BCUT2D eigenvalue weighted by Crippen LogP contribution is 2.28. The van der Waals surface area contributed by atoms with Crippen LogP contribution in [0.2, 0.25) is 0 Å². The highest BCUT2D eigenvalue weighted by Gasteiger charge is 2.03. The SMILES string of the molecule is CCOc1cc(C=C(C)CCc2ccc(O)cc2)ccc1O. The van der Waals surface area contributed by atoms with Gasteiger partial charge in [-0.25, -0.2) is 0 Å². The van der Waals surface area contributed by atoms with E-state index in [-0.39, 0.29) is 5.75 Å². The van der Waals surface area contributed by atoms with E-state index >= 15 is 0 Å². The lowest BCUT2D eigenvalue weighted by atomic mass is 10.0. The molecule has 3 heteroatoms. The standard InChI is InChI=1S/C19H22O3/c1-3-22-19-13-16(8-11-18(19)21)12-14(2)4-5-15-6-9-17(20)10-7-15/h6-13,20-21H,3-5H2,1-2H3. The summed E-state index contributed by atoms with van der Waals surface area (Å²) in [6.45, 7) is 4.51. The van der Waals surface area contributed by atoms with Crippen LogP contribution in [0.25, 0.3) is 6.08 Å². The molecule has 116 valence electrons. The number of hydrogen-bond acceptors (Lipinski definition) is 3. The summed E-state index contributed by atoms with van der Waals surface area (Å²) in [5, 5.41) is 19.0. The summed E-state index contributed by atoms with van der Waals surface area (Å²) in [5.41, 5.74) is 3.47. The van der Waals surface area contributed by atoms with Gasteiger partial charge >= 0.3 is 0 Å². The third kappa shape index (κ3) is 4.55. The summed E-state index contributed by atoms with van der Waals surface area (Å²) < 4.78 is 5.40. The molecule has 2 aromatic carbocycles. The first-order valence-corrected chi connectivity index (χ1v) is 7.49. The molecule has 0 saturated heterocycles. The van der Waals surface area contributed by atoms with Gasteiger partial charge < -0.3 is 14.9 Å². The average molecular weight is 298 g/mol. The lowest BCUT2D eigenvalue weighted by molar-refractivity contribution is 0.318. The predicted octanol–water partition coefficient (Wildman–Crippen LogP) is 4.53. The molecule has 0 amide bonds. The van der Waals surface area contributed by atoms with E-state index in [0.29, 0.717) is 18.1 Å². The number of aromatic hydroxyl groups is 2. The number of hydrogen-bond donors (Lipinski definition) is 2. The Morgan fingerprint density at radius 2 is 1.82 bits per heavy atom. The van der Waals surface area contributed by atoms with Crippen LogP contribution in [0.1, 0.15) is 31.4 Å². The van der Waals surface area contributed by atoms with Gasteiger partial charge in [0.2, 0.25) is 0 Å². The third-order valence-corrected chi connectivity index (χ3v) is 3.44. The second kappa shape index (κ2) is 7.55. The molecule has 0 radical (unpaired) electrons. The summed E-state index contributed by atoms with van der Waals surface area (Å²) in [4.78, 5) is 0. The van der Waals surface area contributed by atoms with Crippen molar-refractivity contribution >= 4 is 6.08 Å². The van der Waals surface area contributed by atoms with Crippen molar-refractivity contribution in [1.29, 1.82) is 0 Å². The normalized spacial score (nSPS) is 11.5. The maximum absolute atomic E-state index is 9.71. The van der Waals surface area contributed by atoms with Crippen LogP contribution in [0.3, 0.4) is 0 Å². The molecule has 0 aliphatic carbocycles. The molecule has 2 N–H and O–H groups in total. The van der Waals surface area contributed by atoms with Gasteiger partial charge in [0.25, 0.3) is 0 Å². The Balaban J connectivity index is 2.02. The van der Waals surface area contributed by atoms with Gasteiger partial charge in [-0.2, -0.15) is 0 Å². The molecule has 2 rings (SSSR count). The van der Waals surface area contributed by atoms with Crippen LogP contribution < -0.4 is 4.74 Å². The van der Waals surface area contributed by atoms with E-state index in [0.717, 1.165) is 18.4 Å². The van der Waals surface area contributed by atoms with Gasteiger partial charge in [0.15, 0.2) is 11.5 Å². The molecule has 0 aliphatic rings. The number of phenolic OH excluding ortho intramolecular Hbond substituents is 2. The van der Waals surface area contributed by atoms with Crippen LogP contribution in [0.4, 0.5) is 0 Å². The minimum absolute atomic E-state index is 0.167. The zero-order chi connectivity index (χ0) is 15.9. The van der Waals surface area contributed by atoms with Crippen molar-refractivity contribution in [2.24, 2.45) is 0 Å². The second-order valence-electron chi connectivity index (χ2n) is 5.32. The van der Waals surface area contributed by atoms with Crippen LogP contribution in [0.15, 0.2) is 48.0 Å². The summed E-state index contributed by atoms with van der Waals surface area (Å²) in [6, 6.07) is 12.7. The first-order valence-electron chi connectivity index (χ1n) is 7.49. The molecular formula is C19H22O3. The van der Waals surface area contributed by atoms with Crippen molar-refractivity contribution in [3.05, 3.63) is 59.2 Å². The van der Waals surface area contributed by atoms with Crippen molar-refractivity contribution in [2.45, 2.75) is 26.7 Å². The Bertz CT molecular complexity index is 642. The van der Waals surface area contributed by atoms with Crippen molar-refractivity contribution in [2.75, 3.05) is 6.61 Å². The Kier molecular flexibility index (Phi) is 5.48. The highest BCUT2D eigenvalue weighted by atomic mass is 16.5. The zero-order valence-electron chi connectivity index (χ0n) is 13.0. The van der Waals surface area contributed by atoms with E-state index in [9.17, 15) is 10.2 Å². The fourth-order valence-corrected chi connectivity index (χ4v) is 2.25. The van der Waals surface area contributed by atoms with Gasteiger partial charge in [0.1, 0.15) is 5.75 Å². The molecule has 0 unspecified atom stereocenters. The quantitative estimate of drug-likeness (QED) is 0.823. The summed E-state index contributed by atoms with van der Waals surface area (Å²) in [5.74, 6) is 0.979. The van der Waals surface area contributed by atoms with Crippen LogP contribution in [-0.4, -0.2) is 16.8 Å². The average Bonchev–Trinajstić information content (AvgIpc) is 2.50. The molecule has 0 aromatic heterocycles. The molecule has 2 aromatic rings. The van der Waals surface area contributed by atoms with E-state index in [1.165, 1.54) is 11.1 Å². The van der Waals surface area contributed by atoms with E-state index in [2.05, 4.69) is 13.0 Å². The fourth-order valence-electron chi connectivity index (χ4n) is 2.25. The maximum atomic E-state index is 9.71. The first kappa shape index (κ1) is 16.0. The van der Waals surface area contributed by atoms with E-state index in [1.54, 1.807) is 18.2 Å². The predicted molar refractivity (Wildman–Crippen MR) is 89.4 cm³/mol. The minimum atomic E-state index is 0.167. The smallest absolute Gasteiger partial charge is 0.161 e. The van der Waals surface area contributed by atoms with Gasteiger partial charge in [-0.05, 0) is 62.1 Å². The lowest BCUT2D eigenvalue weighted by Gasteiger charge is -2.07. The van der Waals surface area contributed by atoms with Crippen LogP contribution in [-0.2, 0) is 6.42 Å². The van der Waals surface area contributed by atoms with Gasteiger partial charge in [0.05, 0.1) is 6.61 Å². The Morgan fingerprint density at radius 3 is 2.50 bits per heavy atom. The number of allylic oxidation sites excluding steroid dienone is 1. The molecule has 0 spiro atoms. The molecule has 0 heterocycles. The van der Waals surface area contributed by atoms with Crippen molar-refractivity contribution in [3.63, 3.8) is 0 Å². The van der Waals surface area contributed by atoms with Crippen molar-refractivity contribution < 1.29 is 14.9 Å². The summed E-state index contributed by atoms with van der Waals surface area (Å²) in [7, 11) is 0. The Hall–Kier alpha value is -2.42. The van der Waals surface area contributed by atoms with Gasteiger partial charge in [0, 0.05) is 0 Å². The molecule has 0 bridgehead atoms. The summed E-state index contributed by atoms with van der Waals surface area (Å²) >= 11 is 0. The zero-order valence-corrected chi connectivity index (χ0v) is 13.0. The van der Waals surface area contributed by atoms with E-state index < -0.39 is 0 Å². The molecule has 0 atom stereocenters. The summed E-state index contributed by atoms with van der Waals surface area (Å²) in [6.07, 6.45) is 3.97. The van der Waals surface area contributed by atoms with E-state index in [1.807, 2.05) is 31.2 Å². The second-order valence-corrected chi connectivity index (χ2v) is 5.32. The van der Waals surface area contributed by atoms with Crippen molar-refractivity contribution in [1.82, 2.24) is 0 Å². The third-order valence-electron chi connectivity index (χ3n) is 3.44. The lowest BCUT2D eigenvalue weighted by Crippen LogP contribution is -1.92. The fraction of sp³-hybridized carbons (Fsp3) is 0.263. The highest BCUT2D eigenvalue weighted by molar-refractivity contribution is 5.57. The van der Waals surface area contributed by atoms with Crippen LogP contribution >= 0.6 is 0 Å². The molecule has 0 saturated carbocycles. The van der Waals surface area contributed by atoms with Gasteiger partial charge in [-0.3, -0.25) is 0 Å². The van der Waals surface area contributed by atoms with Crippen LogP contribution in [0, 0.1) is 0 Å². The molecule has 0 aliphatic heterocycles. The van der Waals surface area contributed by atoms with Crippen LogP contribution in [0.5, 0.6) is 17.2 Å². The molecular weight excluding hydrogens is 276 g/mol. The monoisotopic (exact) mass is 298 g/mol. The number of phenols is 2. The van der Waals surface area contributed by atoms with Crippen molar-refractivity contribution in [3.8, 4) is 17.2 Å². The molecule has 3 nitrogen and oxygen atoms in total. The largest absolute Gasteiger partial charge is 0.508 e. The minimum Gasteiger partial charge on any atom is -0.508 e. The maximum Gasteiger partial charge on any atom is 0.161 e. The number of benzene rings is 2. The van der Waals surface area contributed by atoms with E-state index in [4.69, 9.17) is 4.74 Å². The number of aryl methyl sites for hydroxylation is 1. The van der Waals surface area contributed by atoms with Gasteiger partial charge in [-0.1, -0.05) is 29.8 Å². The van der Waals surface area contributed by atoms with Gasteiger partial charge in [-0.15, -0.1) is 0 Å². The number of ether oxygens (including phenoxy) is 1. The Morgan fingerprint density at radius 1 is 1.09 bits per heavy atom. The molecule has 22 heavy (non-hydrogen) atoms. The topological polar surface area (TPSA) is 49.7 Å². The first-order chi connectivity index (χ1) is 10.6. The Labute approximate surface area is 131 Å².